The standard InChI is InChI=1S/C15H23N3O2/c1-16-13-9-14(18-15(17-13)10-6-7-10)20-12-5-3-4-11(8-12)19-2/h9-12H,3-8H2,1-2H3,(H,16,17,18). The Hall–Kier alpha value is -1.36. The number of methoxy groups -OCH3 is 1. The van der Waals surface area contributed by atoms with Crippen molar-refractivity contribution in [2.24, 2.45) is 0 Å². The zero-order valence-corrected chi connectivity index (χ0v) is 12.3. The highest BCUT2D eigenvalue weighted by Crippen LogP contribution is 2.39. The number of aromatic nitrogens is 2. The largest absolute Gasteiger partial charge is 0.474 e. The predicted molar refractivity (Wildman–Crippen MR) is 77.2 cm³/mol. The summed E-state index contributed by atoms with van der Waals surface area (Å²) in [6.45, 7) is 0. The first kappa shape index (κ1) is 13.6. The Balaban J connectivity index is 1.71. The van der Waals surface area contributed by atoms with E-state index in [1.165, 1.54) is 12.8 Å². The second kappa shape index (κ2) is 5.95. The molecule has 1 heterocycles. The van der Waals surface area contributed by atoms with Gasteiger partial charge in [-0.15, -0.1) is 0 Å². The van der Waals surface area contributed by atoms with Crippen LogP contribution >= 0.6 is 0 Å². The van der Waals surface area contributed by atoms with E-state index < -0.39 is 0 Å². The van der Waals surface area contributed by atoms with Gasteiger partial charge in [0.1, 0.15) is 17.7 Å². The van der Waals surface area contributed by atoms with Crippen LogP contribution in [-0.4, -0.2) is 36.3 Å². The molecule has 1 N–H and O–H groups in total. The summed E-state index contributed by atoms with van der Waals surface area (Å²) in [5.41, 5.74) is 0. The van der Waals surface area contributed by atoms with Crippen LogP contribution in [-0.2, 0) is 4.74 Å². The molecule has 0 amide bonds. The van der Waals surface area contributed by atoms with Crippen LogP contribution in [0.2, 0.25) is 0 Å². The molecular formula is C15H23N3O2. The van der Waals surface area contributed by atoms with Crippen molar-refractivity contribution in [3.8, 4) is 5.88 Å². The van der Waals surface area contributed by atoms with Gasteiger partial charge in [-0.3, -0.25) is 0 Å². The molecule has 0 saturated heterocycles. The molecule has 1 aromatic rings. The third kappa shape index (κ3) is 3.20. The zero-order valence-electron chi connectivity index (χ0n) is 12.3. The van der Waals surface area contributed by atoms with Crippen LogP contribution in [0.4, 0.5) is 5.82 Å². The van der Waals surface area contributed by atoms with Crippen LogP contribution < -0.4 is 10.1 Å². The van der Waals surface area contributed by atoms with Crippen LogP contribution in [0.25, 0.3) is 0 Å². The highest BCUT2D eigenvalue weighted by atomic mass is 16.5. The van der Waals surface area contributed by atoms with E-state index in [0.717, 1.165) is 37.3 Å². The van der Waals surface area contributed by atoms with Crippen LogP contribution in [0.3, 0.4) is 0 Å². The summed E-state index contributed by atoms with van der Waals surface area (Å²) in [6.07, 6.45) is 7.25. The Morgan fingerprint density at radius 1 is 1.15 bits per heavy atom. The summed E-state index contributed by atoms with van der Waals surface area (Å²) in [7, 11) is 3.66. The third-order valence-corrected chi connectivity index (χ3v) is 4.12. The fourth-order valence-electron chi connectivity index (χ4n) is 2.75. The summed E-state index contributed by atoms with van der Waals surface area (Å²) in [5.74, 6) is 3.00. The summed E-state index contributed by atoms with van der Waals surface area (Å²) in [4.78, 5) is 9.09. The fourth-order valence-corrected chi connectivity index (χ4v) is 2.75. The van der Waals surface area contributed by atoms with Gasteiger partial charge in [-0.2, -0.15) is 4.98 Å². The first-order chi connectivity index (χ1) is 9.78. The minimum Gasteiger partial charge on any atom is -0.474 e. The van der Waals surface area contributed by atoms with E-state index in [0.29, 0.717) is 17.9 Å². The minimum atomic E-state index is 0.209. The van der Waals surface area contributed by atoms with E-state index in [1.54, 1.807) is 7.11 Å². The average molecular weight is 277 g/mol. The average Bonchev–Trinajstić information content (AvgIpc) is 3.31. The van der Waals surface area contributed by atoms with Crippen molar-refractivity contribution in [1.29, 1.82) is 0 Å². The maximum Gasteiger partial charge on any atom is 0.219 e. The summed E-state index contributed by atoms with van der Waals surface area (Å²) < 4.78 is 11.5. The molecule has 2 atom stereocenters. The molecule has 0 radical (unpaired) electrons. The Labute approximate surface area is 120 Å². The smallest absolute Gasteiger partial charge is 0.219 e. The molecule has 0 spiro atoms. The lowest BCUT2D eigenvalue weighted by Crippen LogP contribution is -2.29. The molecule has 5 heteroatoms. The van der Waals surface area contributed by atoms with E-state index in [9.17, 15) is 0 Å². The van der Waals surface area contributed by atoms with Crippen LogP contribution in [0.15, 0.2) is 6.07 Å². The second-order valence-electron chi connectivity index (χ2n) is 5.74. The minimum absolute atomic E-state index is 0.209. The molecule has 0 bridgehead atoms. The molecule has 3 rings (SSSR count). The Kier molecular flexibility index (Phi) is 4.05. The molecule has 2 saturated carbocycles. The number of ether oxygens (including phenoxy) is 2. The number of anilines is 1. The normalized spacial score (nSPS) is 26.3. The highest BCUT2D eigenvalue weighted by molar-refractivity contribution is 5.38. The molecule has 5 nitrogen and oxygen atoms in total. The van der Waals surface area contributed by atoms with E-state index in [1.807, 2.05) is 13.1 Å². The molecule has 110 valence electrons. The van der Waals surface area contributed by atoms with Crippen molar-refractivity contribution < 1.29 is 9.47 Å². The fraction of sp³-hybridized carbons (Fsp3) is 0.733. The van der Waals surface area contributed by atoms with E-state index in [4.69, 9.17) is 9.47 Å². The van der Waals surface area contributed by atoms with Crippen LogP contribution in [0, 0.1) is 0 Å². The summed E-state index contributed by atoms with van der Waals surface area (Å²) in [5, 5.41) is 3.09. The Bertz CT molecular complexity index is 462. The maximum absolute atomic E-state index is 6.08. The molecule has 2 aliphatic rings. The zero-order chi connectivity index (χ0) is 13.9. The van der Waals surface area contributed by atoms with E-state index in [-0.39, 0.29) is 6.10 Å². The van der Waals surface area contributed by atoms with Gasteiger partial charge in [-0.25, -0.2) is 4.98 Å². The first-order valence-electron chi connectivity index (χ1n) is 7.54. The molecule has 2 fully saturated rings. The number of rotatable bonds is 5. The van der Waals surface area contributed by atoms with Crippen molar-refractivity contribution >= 4 is 5.82 Å². The molecule has 0 aromatic carbocycles. The third-order valence-electron chi connectivity index (χ3n) is 4.12. The molecule has 0 aliphatic heterocycles. The van der Waals surface area contributed by atoms with Gasteiger partial charge in [0.15, 0.2) is 0 Å². The van der Waals surface area contributed by atoms with Gasteiger partial charge in [-0.05, 0) is 32.1 Å². The van der Waals surface area contributed by atoms with Crippen molar-refractivity contribution in [2.75, 3.05) is 19.5 Å². The Morgan fingerprint density at radius 2 is 1.95 bits per heavy atom. The number of nitrogens with zero attached hydrogens (tertiary/aromatic N) is 2. The summed E-state index contributed by atoms with van der Waals surface area (Å²) >= 11 is 0. The monoisotopic (exact) mass is 277 g/mol. The van der Waals surface area contributed by atoms with Crippen LogP contribution in [0.5, 0.6) is 5.88 Å². The lowest BCUT2D eigenvalue weighted by molar-refractivity contribution is 0.0194. The molecular weight excluding hydrogens is 254 g/mol. The molecule has 1 aromatic heterocycles. The van der Waals surface area contributed by atoms with Gasteiger partial charge in [0.2, 0.25) is 5.88 Å². The van der Waals surface area contributed by atoms with Crippen molar-refractivity contribution in [3.05, 3.63) is 11.9 Å². The quantitative estimate of drug-likeness (QED) is 0.897. The lowest BCUT2D eigenvalue weighted by Gasteiger charge is -2.28. The van der Waals surface area contributed by atoms with Gasteiger partial charge in [0, 0.05) is 32.6 Å². The summed E-state index contributed by atoms with van der Waals surface area (Å²) in [6, 6.07) is 1.89. The van der Waals surface area contributed by atoms with Crippen molar-refractivity contribution in [2.45, 2.75) is 56.7 Å². The number of hydrogen-bond donors (Lipinski definition) is 1. The van der Waals surface area contributed by atoms with Gasteiger partial charge in [0.05, 0.1) is 6.10 Å². The van der Waals surface area contributed by atoms with Gasteiger partial charge >= 0.3 is 0 Å². The van der Waals surface area contributed by atoms with E-state index >= 15 is 0 Å². The van der Waals surface area contributed by atoms with Crippen molar-refractivity contribution in [3.63, 3.8) is 0 Å². The van der Waals surface area contributed by atoms with Gasteiger partial charge < -0.3 is 14.8 Å². The highest BCUT2D eigenvalue weighted by Gasteiger charge is 2.28. The molecule has 2 unspecified atom stereocenters. The van der Waals surface area contributed by atoms with E-state index in [2.05, 4.69) is 15.3 Å². The van der Waals surface area contributed by atoms with Gasteiger partial charge in [0.25, 0.3) is 0 Å². The topological polar surface area (TPSA) is 56.3 Å². The predicted octanol–water partition coefficient (Wildman–Crippen LogP) is 2.73. The SMILES string of the molecule is CNc1cc(OC2CCCC(OC)C2)nc(C2CC2)n1. The number of hydrogen-bond acceptors (Lipinski definition) is 5. The van der Waals surface area contributed by atoms with Gasteiger partial charge in [-0.1, -0.05) is 0 Å². The van der Waals surface area contributed by atoms with Crippen LogP contribution in [0.1, 0.15) is 50.3 Å². The Morgan fingerprint density at radius 3 is 2.65 bits per heavy atom. The molecule has 20 heavy (non-hydrogen) atoms. The lowest BCUT2D eigenvalue weighted by atomic mass is 9.95. The van der Waals surface area contributed by atoms with Crippen molar-refractivity contribution in [1.82, 2.24) is 9.97 Å². The molecule has 2 aliphatic carbocycles. The second-order valence-corrected chi connectivity index (χ2v) is 5.74. The first-order valence-corrected chi connectivity index (χ1v) is 7.54. The maximum atomic E-state index is 6.08. The number of nitrogens with one attached hydrogen (secondary N) is 1.